The van der Waals surface area contributed by atoms with Gasteiger partial charge in [0.1, 0.15) is 0 Å². The minimum Gasteiger partial charge on any atom is -0.397 e. The van der Waals surface area contributed by atoms with E-state index in [9.17, 15) is 0 Å². The van der Waals surface area contributed by atoms with Gasteiger partial charge in [-0.15, -0.1) is 0 Å². The predicted molar refractivity (Wildman–Crippen MR) is 12.8 cm³/mol. The van der Waals surface area contributed by atoms with Crippen molar-refractivity contribution in [2.45, 2.75) is 6.92 Å². The molecule has 0 spiro atoms. The third-order valence-electron chi connectivity index (χ3n) is 0. The molecule has 0 heterocycles. The normalized spacial score (nSPS) is 3.60. The van der Waals surface area contributed by atoms with Crippen molar-refractivity contribution in [3.8, 4) is 0 Å². The van der Waals surface area contributed by atoms with E-state index in [2.05, 4.69) is 0 Å². The minimum absolute atomic E-state index is 0. The molecular formula is C2H6OPtRu. The fourth-order valence-corrected chi connectivity index (χ4v) is 0. The molecule has 0 aromatic carbocycles. The van der Waals surface area contributed by atoms with Crippen LogP contribution in [0.5, 0.6) is 0 Å². The van der Waals surface area contributed by atoms with Crippen LogP contribution in [0.1, 0.15) is 6.92 Å². The number of hydrogen-bond donors (Lipinski definition) is 1. The fraction of sp³-hybridized carbons (Fsp3) is 1.00. The average Bonchev–Trinajstić information content (AvgIpc) is 0.918. The van der Waals surface area contributed by atoms with Gasteiger partial charge in [-0.05, 0) is 6.92 Å². The summed E-state index contributed by atoms with van der Waals surface area (Å²) in [5.41, 5.74) is 0. The van der Waals surface area contributed by atoms with Crippen molar-refractivity contribution < 1.29 is 45.6 Å². The van der Waals surface area contributed by atoms with Gasteiger partial charge in [0.25, 0.3) is 0 Å². The largest absolute Gasteiger partial charge is 0.397 e. The van der Waals surface area contributed by atoms with E-state index in [1.54, 1.807) is 6.92 Å². The number of hydrogen-bond acceptors (Lipinski definition) is 1. The molecule has 0 aliphatic heterocycles. The molecule has 0 bridgehead atoms. The number of aliphatic hydroxyl groups is 1. The number of rotatable bonds is 0. The summed E-state index contributed by atoms with van der Waals surface area (Å²) in [5.74, 6) is 0. The van der Waals surface area contributed by atoms with Crippen LogP contribution in [0.4, 0.5) is 0 Å². The van der Waals surface area contributed by atoms with Crippen LogP contribution in [0.3, 0.4) is 0 Å². The summed E-state index contributed by atoms with van der Waals surface area (Å²) in [6, 6.07) is 0. The summed E-state index contributed by atoms with van der Waals surface area (Å²) in [7, 11) is 0. The van der Waals surface area contributed by atoms with Gasteiger partial charge in [-0.3, -0.25) is 0 Å². The van der Waals surface area contributed by atoms with Gasteiger partial charge >= 0.3 is 0 Å². The Morgan fingerprint density at radius 2 is 1.60 bits per heavy atom. The van der Waals surface area contributed by atoms with Crippen LogP contribution >= 0.6 is 0 Å². The Kier molecular flexibility index (Phi) is 60.7. The molecule has 0 aromatic rings. The Bertz CT molecular complexity index is 9.61. The standard InChI is InChI=1S/C2H6O.Pt.Ru/c1-2-3;;/h3H,2H2,1H3;;. The maximum absolute atomic E-state index is 7.57. The summed E-state index contributed by atoms with van der Waals surface area (Å²) in [4.78, 5) is 0. The first kappa shape index (κ1) is 16.3. The second-order valence-corrected chi connectivity index (χ2v) is 0.316. The fourth-order valence-electron chi connectivity index (χ4n) is 0. The van der Waals surface area contributed by atoms with E-state index >= 15 is 0 Å². The second kappa shape index (κ2) is 18.6. The van der Waals surface area contributed by atoms with E-state index in [0.29, 0.717) is 0 Å². The summed E-state index contributed by atoms with van der Waals surface area (Å²) in [6.45, 7) is 1.93. The maximum atomic E-state index is 7.57. The van der Waals surface area contributed by atoms with E-state index in [1.165, 1.54) is 0 Å². The summed E-state index contributed by atoms with van der Waals surface area (Å²) in [6.07, 6.45) is 0. The van der Waals surface area contributed by atoms with Crippen LogP contribution in [0, 0.1) is 0 Å². The van der Waals surface area contributed by atoms with Gasteiger partial charge in [0.2, 0.25) is 0 Å². The van der Waals surface area contributed by atoms with Crippen LogP contribution in [0.15, 0.2) is 0 Å². The van der Waals surface area contributed by atoms with E-state index in [4.69, 9.17) is 5.11 Å². The Labute approximate surface area is 59.2 Å². The zero-order valence-corrected chi connectivity index (χ0v) is 6.83. The molecular weight excluding hydrogens is 336 g/mol. The molecule has 0 rings (SSSR count). The quantitative estimate of drug-likeness (QED) is 0.615. The molecule has 0 atom stereocenters. The average molecular weight is 342 g/mol. The van der Waals surface area contributed by atoms with Gasteiger partial charge in [-0.1, -0.05) is 0 Å². The first-order chi connectivity index (χ1) is 1.41. The first-order valence-corrected chi connectivity index (χ1v) is 1.02. The van der Waals surface area contributed by atoms with Gasteiger partial charge in [0.15, 0.2) is 0 Å². The smallest absolute Gasteiger partial charge is 0.0402 e. The van der Waals surface area contributed by atoms with Crippen molar-refractivity contribution >= 4 is 0 Å². The Morgan fingerprint density at radius 3 is 1.60 bits per heavy atom. The topological polar surface area (TPSA) is 20.2 Å². The van der Waals surface area contributed by atoms with Crippen molar-refractivity contribution in [1.82, 2.24) is 0 Å². The second-order valence-electron chi connectivity index (χ2n) is 0.316. The van der Waals surface area contributed by atoms with Gasteiger partial charge < -0.3 is 5.11 Å². The van der Waals surface area contributed by atoms with Gasteiger partial charge in [0.05, 0.1) is 0 Å². The van der Waals surface area contributed by atoms with Crippen LogP contribution in [-0.4, -0.2) is 11.7 Å². The Morgan fingerprint density at radius 1 is 1.60 bits per heavy atom. The summed E-state index contributed by atoms with van der Waals surface area (Å²) in [5, 5.41) is 7.57. The van der Waals surface area contributed by atoms with Crippen LogP contribution in [0.25, 0.3) is 0 Å². The zero-order valence-electron chi connectivity index (χ0n) is 2.82. The molecule has 1 N–H and O–H groups in total. The molecule has 1 nitrogen and oxygen atoms in total. The minimum atomic E-state index is 0. The first-order valence-electron chi connectivity index (χ1n) is 1.02. The van der Waals surface area contributed by atoms with E-state index in [0.717, 1.165) is 0 Å². The molecule has 0 unspecified atom stereocenters. The molecule has 0 saturated heterocycles. The van der Waals surface area contributed by atoms with Crippen molar-refractivity contribution in [2.75, 3.05) is 6.61 Å². The molecule has 0 aromatic heterocycles. The zero-order chi connectivity index (χ0) is 2.71. The van der Waals surface area contributed by atoms with E-state index in [-0.39, 0.29) is 47.2 Å². The van der Waals surface area contributed by atoms with Crippen LogP contribution in [-0.2, 0) is 40.5 Å². The third kappa shape index (κ3) is 34.9. The van der Waals surface area contributed by atoms with Crippen molar-refractivity contribution in [3.63, 3.8) is 0 Å². The van der Waals surface area contributed by atoms with Gasteiger partial charge in [-0.2, -0.15) is 0 Å². The maximum Gasteiger partial charge on any atom is 0.0402 e. The van der Waals surface area contributed by atoms with Crippen molar-refractivity contribution in [3.05, 3.63) is 0 Å². The summed E-state index contributed by atoms with van der Waals surface area (Å²) < 4.78 is 0. The number of aliphatic hydroxyl groups excluding tert-OH is 1. The van der Waals surface area contributed by atoms with E-state index in [1.807, 2.05) is 0 Å². The van der Waals surface area contributed by atoms with Gasteiger partial charge in [-0.25, -0.2) is 0 Å². The van der Waals surface area contributed by atoms with Crippen LogP contribution < -0.4 is 0 Å². The Hall–Kier alpha value is 1.27. The SMILES string of the molecule is CCO.[Pt].[Ru]. The van der Waals surface area contributed by atoms with E-state index < -0.39 is 0 Å². The molecule has 38 valence electrons. The van der Waals surface area contributed by atoms with Crippen molar-refractivity contribution in [1.29, 1.82) is 0 Å². The van der Waals surface area contributed by atoms with Gasteiger partial charge in [0, 0.05) is 47.2 Å². The molecule has 5 heavy (non-hydrogen) atoms. The molecule has 0 saturated carbocycles. The third-order valence-corrected chi connectivity index (χ3v) is 0. The summed E-state index contributed by atoms with van der Waals surface area (Å²) >= 11 is 0. The predicted octanol–water partition coefficient (Wildman–Crippen LogP) is -0.00640. The van der Waals surface area contributed by atoms with Crippen molar-refractivity contribution in [2.24, 2.45) is 0 Å². The molecule has 0 aliphatic carbocycles. The molecule has 0 amide bonds. The molecule has 0 radical (unpaired) electrons. The molecule has 0 aliphatic rings. The monoisotopic (exact) mass is 343 g/mol. The Balaban J connectivity index is -0.0000000200. The van der Waals surface area contributed by atoms with Crippen LogP contribution in [0.2, 0.25) is 0 Å². The molecule has 0 fully saturated rings. The molecule has 3 heteroatoms.